The molecular formula is C132H104Br2O4. The van der Waals surface area contributed by atoms with Gasteiger partial charge in [-0.2, -0.15) is 0 Å². The quantitative estimate of drug-likeness (QED) is 0.156. The van der Waals surface area contributed by atoms with Crippen LogP contribution >= 0.6 is 31.9 Å². The lowest BCUT2D eigenvalue weighted by atomic mass is 9.64. The van der Waals surface area contributed by atoms with Gasteiger partial charge >= 0.3 is 0 Å². The van der Waals surface area contributed by atoms with E-state index in [0.29, 0.717) is 0 Å². The van der Waals surface area contributed by atoms with E-state index in [1.807, 2.05) is 28.4 Å². The second-order valence-electron chi connectivity index (χ2n) is 39.0. The highest BCUT2D eigenvalue weighted by molar-refractivity contribution is 9.11. The fourth-order valence-electron chi connectivity index (χ4n) is 25.5. The zero-order chi connectivity index (χ0) is 93.7. The Morgan fingerprint density at radius 1 is 0.167 bits per heavy atom. The SMILES string of the molecule is CO[C@@]1(c2ccc(Br)c3ccccc23)C=C[C@](C)(c2ccc(Br)c3ccccc23)c2ccccc21.CO[C@@]12C=C[C@@](C)(c3ccccc31)c1ccc(c3ccccc13)-c1ccc(c3ccccc13)[C@]1(OC)C=C[C@@](C)(c3ccccc31)c1ccc(c3ccccc13)-c1ccc(c3ccccc13)[C@]1(OC)C=C[C@@](C)(c3ccccc31)c1ccc(c3ccccc13)CCCCc1ccc2c2ccccc12. The largest absolute Gasteiger partial charge is 0.365 e. The lowest BCUT2D eigenvalue weighted by Gasteiger charge is -2.43. The molecule has 0 aliphatic heterocycles. The van der Waals surface area contributed by atoms with Crippen LogP contribution in [-0.4, -0.2) is 28.4 Å². The molecule has 0 N–H and O–H groups in total. The minimum atomic E-state index is -0.920. The smallest absolute Gasteiger partial charge is 0.137 e. The second kappa shape index (κ2) is 33.6. The highest BCUT2D eigenvalue weighted by Gasteiger charge is 2.50. The molecule has 5 aliphatic carbocycles. The summed E-state index contributed by atoms with van der Waals surface area (Å²) < 4.78 is 29.8. The molecule has 0 amide bonds. The maximum absolute atomic E-state index is 7.08. The number of fused-ring (bicyclic) bond motifs is 62. The van der Waals surface area contributed by atoms with E-state index < -0.39 is 38.6 Å². The Morgan fingerprint density at radius 2 is 0.348 bits per heavy atom. The number of benzene rings is 20. The summed E-state index contributed by atoms with van der Waals surface area (Å²) in [5.74, 6) is 0. The Balaban J connectivity index is 0.000000248. The first kappa shape index (κ1) is 87.0. The van der Waals surface area contributed by atoms with Crippen molar-refractivity contribution < 1.29 is 18.9 Å². The molecule has 670 valence electrons. The van der Waals surface area contributed by atoms with Crippen molar-refractivity contribution in [1.29, 1.82) is 0 Å². The van der Waals surface area contributed by atoms with Gasteiger partial charge in [-0.15, -0.1) is 0 Å². The van der Waals surface area contributed by atoms with E-state index in [9.17, 15) is 0 Å². The van der Waals surface area contributed by atoms with Crippen molar-refractivity contribution >= 4 is 118 Å². The standard InChI is InChI=1S/C100H80O3.C32H24Br2O/c1-95-59-63-99(102-5,93-45-25-21-41-89(93)95)87-57-51-75(71-33-13-19-39-81(71)87)74-50-56-85(80-38-18-12-32-70(74)80)97(3)61-64-100(103-6,94-46-26-23-43-91(94)97)88-58-52-76(72-34-14-20-40-82(72)88)73-49-55-84(79-37-17-11-31-69(73)79)96(2)60-62-98(101-4,92-44-24-22-42-90(92)96)86-54-48-66(68-30-10-16-36-78(68)86)28-8-7-27-65-47-53-83(95)77-35-15-9-29-67(65)77;1-31(25-15-17-29(33)23-11-5-3-9-21(23)25)19-20-32(35-2,28-14-8-7-13-27(28)31)26-16-18-30(34)24-12-6-4-10-22(24)26/h9-26,29-64H,7-8,27-28H2,1-6H3;3-20H,1-2H3/t95-,96-,97-,98-,99-,100-;31-,32-/m11/s1. The Hall–Kier alpha value is -13.8. The molecule has 0 saturated heterocycles. The van der Waals surface area contributed by atoms with Crippen LogP contribution in [0.15, 0.2) is 446 Å². The van der Waals surface area contributed by atoms with Crippen molar-refractivity contribution in [2.75, 3.05) is 28.4 Å². The third kappa shape index (κ3) is 12.9. The third-order valence-electron chi connectivity index (χ3n) is 32.5. The number of hydrogen-bond donors (Lipinski definition) is 0. The van der Waals surface area contributed by atoms with Gasteiger partial charge in [0, 0.05) is 81.3 Å². The lowest BCUT2D eigenvalue weighted by molar-refractivity contribution is 0.0627. The molecule has 20 aromatic carbocycles. The molecule has 0 radical (unpaired) electrons. The van der Waals surface area contributed by atoms with E-state index >= 15 is 0 Å². The Morgan fingerprint density at radius 3 is 0.630 bits per heavy atom. The molecule has 6 heteroatoms. The van der Waals surface area contributed by atoms with Crippen LogP contribution in [0.1, 0.15) is 141 Å². The van der Waals surface area contributed by atoms with Gasteiger partial charge in [-0.1, -0.05) is 432 Å². The van der Waals surface area contributed by atoms with Crippen LogP contribution in [0, 0.1) is 0 Å². The topological polar surface area (TPSA) is 36.9 Å². The summed E-state index contributed by atoms with van der Waals surface area (Å²) in [5, 5.41) is 19.4. The highest BCUT2D eigenvalue weighted by atomic mass is 79.9. The van der Waals surface area contributed by atoms with Crippen molar-refractivity contribution in [2.24, 2.45) is 0 Å². The molecular weight excluding hydrogens is 1810 g/mol. The van der Waals surface area contributed by atoms with E-state index in [1.54, 1.807) is 0 Å². The van der Waals surface area contributed by atoms with Crippen LogP contribution in [0.3, 0.4) is 0 Å². The Kier molecular flexibility index (Phi) is 21.2. The summed E-state index contributed by atoms with van der Waals surface area (Å²) in [6.45, 7) is 9.50. The van der Waals surface area contributed by atoms with Crippen LogP contribution in [-0.2, 0) is 75.9 Å². The predicted molar refractivity (Wildman–Crippen MR) is 581 cm³/mol. The summed E-state index contributed by atoms with van der Waals surface area (Å²) in [7, 11) is 7.46. The van der Waals surface area contributed by atoms with Gasteiger partial charge in [0.05, 0.1) is 0 Å². The first-order chi connectivity index (χ1) is 67.5. The molecule has 0 aromatic heterocycles. The van der Waals surface area contributed by atoms with E-state index in [0.717, 1.165) is 84.3 Å². The average Bonchev–Trinajstić information content (AvgIpc) is 0.712. The summed E-state index contributed by atoms with van der Waals surface area (Å²) >= 11 is 7.49. The summed E-state index contributed by atoms with van der Waals surface area (Å²) in [5.41, 5.74) is 21.3. The van der Waals surface area contributed by atoms with Crippen molar-refractivity contribution in [1.82, 2.24) is 0 Å². The van der Waals surface area contributed by atoms with Crippen molar-refractivity contribution in [3.8, 4) is 22.3 Å². The average molecular weight is 1910 g/mol. The fourth-order valence-corrected chi connectivity index (χ4v) is 26.4. The van der Waals surface area contributed by atoms with E-state index in [1.165, 1.54) is 159 Å². The van der Waals surface area contributed by atoms with Gasteiger partial charge in [-0.05, 0) is 276 Å². The molecule has 0 fully saturated rings. The maximum Gasteiger partial charge on any atom is 0.137 e. The molecule has 18 bridgehead atoms. The first-order valence-corrected chi connectivity index (χ1v) is 50.0. The zero-order valence-corrected chi connectivity index (χ0v) is 82.0. The number of allylic oxidation sites excluding steroid dienone is 4. The number of aryl methyl sites for hydroxylation is 2. The maximum atomic E-state index is 7.08. The Labute approximate surface area is 824 Å². The Bertz CT molecular complexity index is 8570. The third-order valence-corrected chi connectivity index (χ3v) is 33.9. The van der Waals surface area contributed by atoms with Gasteiger partial charge in [0.15, 0.2) is 0 Å². The molecule has 138 heavy (non-hydrogen) atoms. The molecule has 4 nitrogen and oxygen atoms in total. The van der Waals surface area contributed by atoms with E-state index in [4.69, 9.17) is 18.9 Å². The fraction of sp³-hybridized carbons (Fsp3) is 0.152. The van der Waals surface area contributed by atoms with Crippen LogP contribution < -0.4 is 0 Å². The molecule has 8 atom stereocenters. The number of methoxy groups -OCH3 is 4. The molecule has 5 aliphatic rings. The predicted octanol–water partition coefficient (Wildman–Crippen LogP) is 33.4. The first-order valence-electron chi connectivity index (χ1n) is 48.4. The lowest BCUT2D eigenvalue weighted by Crippen LogP contribution is -2.38. The highest BCUT2D eigenvalue weighted by Crippen LogP contribution is 2.59. The normalized spacial score (nSPS) is 22.2. The number of halogens is 2. The van der Waals surface area contributed by atoms with Gasteiger partial charge in [0.2, 0.25) is 0 Å². The minimum absolute atomic E-state index is 0.315. The van der Waals surface area contributed by atoms with Crippen LogP contribution in [0.25, 0.3) is 108 Å². The molecule has 25 rings (SSSR count). The van der Waals surface area contributed by atoms with Gasteiger partial charge in [-0.3, -0.25) is 0 Å². The summed E-state index contributed by atoms with van der Waals surface area (Å²) in [4.78, 5) is 0. The number of ether oxygens (including phenoxy) is 4. The second-order valence-corrected chi connectivity index (χ2v) is 40.7. The van der Waals surface area contributed by atoms with E-state index in [-0.39, 0.29) is 5.41 Å². The number of hydrogen-bond acceptors (Lipinski definition) is 4. The summed E-state index contributed by atoms with van der Waals surface area (Å²) in [6, 6.07) is 144. The molecule has 0 spiro atoms. The molecule has 0 unspecified atom stereocenters. The van der Waals surface area contributed by atoms with Crippen LogP contribution in [0.4, 0.5) is 0 Å². The van der Waals surface area contributed by atoms with Gasteiger partial charge in [-0.25, -0.2) is 0 Å². The summed E-state index contributed by atoms with van der Waals surface area (Å²) in [6.07, 6.45) is 23.0. The van der Waals surface area contributed by atoms with Crippen LogP contribution in [0.2, 0.25) is 0 Å². The van der Waals surface area contributed by atoms with Crippen molar-refractivity contribution in [3.63, 3.8) is 0 Å². The monoisotopic (exact) mass is 1910 g/mol. The van der Waals surface area contributed by atoms with Crippen molar-refractivity contribution in [2.45, 2.75) is 97.4 Å². The molecule has 20 aromatic rings. The van der Waals surface area contributed by atoms with Gasteiger partial charge in [0.1, 0.15) is 22.4 Å². The molecule has 0 heterocycles. The van der Waals surface area contributed by atoms with Gasteiger partial charge < -0.3 is 18.9 Å². The van der Waals surface area contributed by atoms with E-state index in [2.05, 4.69) is 496 Å². The zero-order valence-electron chi connectivity index (χ0n) is 78.8. The minimum Gasteiger partial charge on any atom is -0.365 e. The van der Waals surface area contributed by atoms with Crippen LogP contribution in [0.5, 0.6) is 0 Å². The molecule has 0 saturated carbocycles. The number of rotatable bonds is 6. The van der Waals surface area contributed by atoms with Crippen molar-refractivity contribution in [3.05, 3.63) is 546 Å². The van der Waals surface area contributed by atoms with Gasteiger partial charge in [0.25, 0.3) is 0 Å².